The summed E-state index contributed by atoms with van der Waals surface area (Å²) in [5.74, 6) is -1.35. The number of carbonyl (C=O) groups is 1. The van der Waals surface area contributed by atoms with Gasteiger partial charge in [0.05, 0.1) is 0 Å². The predicted octanol–water partition coefficient (Wildman–Crippen LogP) is 2.45. The maximum Gasteiger partial charge on any atom is 0.453 e. The molecule has 1 saturated heterocycles. The summed E-state index contributed by atoms with van der Waals surface area (Å²) >= 11 is 0. The van der Waals surface area contributed by atoms with Crippen molar-refractivity contribution in [3.63, 3.8) is 0 Å². The van der Waals surface area contributed by atoms with Crippen molar-refractivity contribution in [1.82, 2.24) is 19.8 Å². The third-order valence-corrected chi connectivity index (χ3v) is 3.73. The van der Waals surface area contributed by atoms with Gasteiger partial charge in [-0.05, 0) is 45.7 Å². The largest absolute Gasteiger partial charge is 0.458 e. The Morgan fingerprint density at radius 1 is 1.24 bits per heavy atom. The lowest BCUT2D eigenvalue weighted by molar-refractivity contribution is -0.156. The van der Waals surface area contributed by atoms with E-state index in [1.165, 1.54) is 12.1 Å². The van der Waals surface area contributed by atoms with Crippen LogP contribution < -0.4 is 4.90 Å². The quantitative estimate of drug-likeness (QED) is 0.769. The summed E-state index contributed by atoms with van der Waals surface area (Å²) < 4.78 is 45.1. The summed E-state index contributed by atoms with van der Waals surface area (Å²) in [4.78, 5) is 14.0. The van der Waals surface area contributed by atoms with Gasteiger partial charge in [-0.2, -0.15) is 17.7 Å². The summed E-state index contributed by atoms with van der Waals surface area (Å²) in [6, 6.07) is 2.36. The van der Waals surface area contributed by atoms with E-state index in [4.69, 9.17) is 4.74 Å². The lowest BCUT2D eigenvalue weighted by atomic mass is 10.1. The lowest BCUT2D eigenvalue weighted by Crippen LogP contribution is -2.41. The lowest BCUT2D eigenvalue weighted by Gasteiger charge is -2.28. The summed E-state index contributed by atoms with van der Waals surface area (Å²) in [5.41, 5.74) is -0.649. The smallest absolute Gasteiger partial charge is 0.453 e. The first-order valence-corrected chi connectivity index (χ1v) is 7.85. The van der Waals surface area contributed by atoms with E-state index >= 15 is 0 Å². The monoisotopic (exact) mass is 357 g/mol. The summed E-state index contributed by atoms with van der Waals surface area (Å²) in [6.45, 7) is 5.80. The van der Waals surface area contributed by atoms with E-state index in [1.54, 1.807) is 25.7 Å². The molecule has 7 nitrogen and oxygen atoms in total. The SMILES string of the molecule is CC(C)(C)OC(=O)[C@@H]1CCCN1c1ccc2nnc(C(F)(F)F)n2n1. The molecule has 0 aromatic carbocycles. The molecular weight excluding hydrogens is 339 g/mol. The maximum absolute atomic E-state index is 13.0. The number of aromatic nitrogens is 4. The number of ether oxygens (including phenoxy) is 1. The van der Waals surface area contributed by atoms with Gasteiger partial charge in [0.15, 0.2) is 5.65 Å². The fourth-order valence-corrected chi connectivity index (χ4v) is 2.76. The van der Waals surface area contributed by atoms with Crippen LogP contribution in [0.2, 0.25) is 0 Å². The molecule has 0 saturated carbocycles. The first-order chi connectivity index (χ1) is 11.6. The van der Waals surface area contributed by atoms with E-state index < -0.39 is 29.6 Å². The van der Waals surface area contributed by atoms with Crippen LogP contribution in [0.4, 0.5) is 19.0 Å². The fourth-order valence-electron chi connectivity index (χ4n) is 2.76. The molecule has 1 atom stereocenters. The van der Waals surface area contributed by atoms with Crippen LogP contribution >= 0.6 is 0 Å². The molecule has 10 heteroatoms. The minimum atomic E-state index is -4.67. The number of rotatable bonds is 2. The molecule has 0 bridgehead atoms. The number of anilines is 1. The molecule has 0 radical (unpaired) electrons. The van der Waals surface area contributed by atoms with Gasteiger partial charge in [0.25, 0.3) is 5.82 Å². The molecule has 0 spiro atoms. The summed E-state index contributed by atoms with van der Waals surface area (Å²) in [6.07, 6.45) is -3.39. The van der Waals surface area contributed by atoms with Crippen LogP contribution in [0.1, 0.15) is 39.4 Å². The number of fused-ring (bicyclic) bond motifs is 1. The van der Waals surface area contributed by atoms with Gasteiger partial charge in [-0.15, -0.1) is 15.3 Å². The Kier molecular flexibility index (Phi) is 4.08. The molecule has 3 heterocycles. The van der Waals surface area contributed by atoms with Crippen molar-refractivity contribution >= 4 is 17.4 Å². The number of esters is 1. The molecule has 0 aliphatic carbocycles. The highest BCUT2D eigenvalue weighted by molar-refractivity contribution is 5.80. The van der Waals surface area contributed by atoms with Crippen LogP contribution in [0.25, 0.3) is 5.65 Å². The fraction of sp³-hybridized carbons (Fsp3) is 0.600. The number of carbonyl (C=O) groups excluding carboxylic acids is 1. The van der Waals surface area contributed by atoms with E-state index in [2.05, 4.69) is 15.3 Å². The summed E-state index contributed by atoms with van der Waals surface area (Å²) in [5, 5.41) is 10.6. The van der Waals surface area contributed by atoms with Crippen molar-refractivity contribution in [2.75, 3.05) is 11.4 Å². The highest BCUT2D eigenvalue weighted by atomic mass is 19.4. The van der Waals surface area contributed by atoms with E-state index in [9.17, 15) is 18.0 Å². The Bertz CT molecular complexity index is 797. The maximum atomic E-state index is 13.0. The van der Waals surface area contributed by atoms with Crippen molar-refractivity contribution in [3.8, 4) is 0 Å². The van der Waals surface area contributed by atoms with E-state index in [0.717, 1.165) is 6.42 Å². The van der Waals surface area contributed by atoms with Crippen LogP contribution in [0, 0.1) is 0 Å². The highest BCUT2D eigenvalue weighted by Crippen LogP contribution is 2.30. The van der Waals surface area contributed by atoms with Gasteiger partial charge < -0.3 is 9.64 Å². The van der Waals surface area contributed by atoms with Gasteiger partial charge in [-0.1, -0.05) is 0 Å². The molecule has 0 amide bonds. The number of nitrogens with zero attached hydrogens (tertiary/aromatic N) is 5. The first kappa shape index (κ1) is 17.4. The third kappa shape index (κ3) is 3.52. The average Bonchev–Trinajstić information content (AvgIpc) is 3.10. The van der Waals surface area contributed by atoms with Gasteiger partial charge in [0, 0.05) is 6.54 Å². The Balaban J connectivity index is 1.93. The zero-order valence-corrected chi connectivity index (χ0v) is 14.0. The van der Waals surface area contributed by atoms with Crippen molar-refractivity contribution in [2.45, 2.75) is 51.4 Å². The Morgan fingerprint density at radius 3 is 2.60 bits per heavy atom. The molecule has 136 valence electrons. The zero-order chi connectivity index (χ0) is 18.4. The van der Waals surface area contributed by atoms with Crippen molar-refractivity contribution < 1.29 is 22.7 Å². The van der Waals surface area contributed by atoms with Gasteiger partial charge in [0.1, 0.15) is 17.5 Å². The van der Waals surface area contributed by atoms with Crippen molar-refractivity contribution in [1.29, 1.82) is 0 Å². The summed E-state index contributed by atoms with van der Waals surface area (Å²) in [7, 11) is 0. The Hall–Kier alpha value is -2.39. The highest BCUT2D eigenvalue weighted by Gasteiger charge is 2.39. The molecule has 1 aliphatic heterocycles. The van der Waals surface area contributed by atoms with Gasteiger partial charge >= 0.3 is 12.1 Å². The second kappa shape index (κ2) is 5.85. The minimum absolute atomic E-state index is 0.0101. The molecule has 3 rings (SSSR count). The zero-order valence-electron chi connectivity index (χ0n) is 14.0. The van der Waals surface area contributed by atoms with Crippen LogP contribution in [-0.2, 0) is 15.7 Å². The molecule has 2 aromatic rings. The molecular formula is C15H18F3N5O2. The normalized spacial score (nSPS) is 18.8. The van der Waals surface area contributed by atoms with Crippen LogP contribution in [0.3, 0.4) is 0 Å². The standard InChI is InChI=1S/C15H18F3N5O2/c1-14(2,3)25-12(24)9-5-4-8-22(9)11-7-6-10-19-20-13(15(16,17)18)23(10)21-11/h6-7,9H,4-5,8H2,1-3H3/t9-/m0/s1. The number of alkyl halides is 3. The van der Waals surface area contributed by atoms with E-state index in [1.807, 2.05) is 0 Å². The average molecular weight is 357 g/mol. The van der Waals surface area contributed by atoms with Crippen molar-refractivity contribution in [3.05, 3.63) is 18.0 Å². The molecule has 0 N–H and O–H groups in total. The van der Waals surface area contributed by atoms with Gasteiger partial charge in [-0.3, -0.25) is 0 Å². The second-order valence-corrected chi connectivity index (χ2v) is 6.87. The molecule has 2 aromatic heterocycles. The molecule has 0 unspecified atom stereocenters. The molecule has 1 aliphatic rings. The minimum Gasteiger partial charge on any atom is -0.458 e. The number of hydrogen-bond donors (Lipinski definition) is 0. The van der Waals surface area contributed by atoms with Crippen LogP contribution in [-0.4, -0.2) is 44.0 Å². The van der Waals surface area contributed by atoms with Gasteiger partial charge in [0.2, 0.25) is 0 Å². The van der Waals surface area contributed by atoms with Crippen molar-refractivity contribution in [2.24, 2.45) is 0 Å². The molecule has 25 heavy (non-hydrogen) atoms. The second-order valence-electron chi connectivity index (χ2n) is 6.87. The first-order valence-electron chi connectivity index (χ1n) is 7.85. The van der Waals surface area contributed by atoms with E-state index in [-0.39, 0.29) is 11.5 Å². The molecule has 1 fully saturated rings. The number of halogens is 3. The topological polar surface area (TPSA) is 72.6 Å². The Labute approximate surface area is 141 Å². The Morgan fingerprint density at radius 2 is 1.96 bits per heavy atom. The van der Waals surface area contributed by atoms with Crippen LogP contribution in [0.5, 0.6) is 0 Å². The van der Waals surface area contributed by atoms with Crippen LogP contribution in [0.15, 0.2) is 12.1 Å². The third-order valence-electron chi connectivity index (χ3n) is 3.73. The van der Waals surface area contributed by atoms with E-state index in [0.29, 0.717) is 17.5 Å². The number of hydrogen-bond acceptors (Lipinski definition) is 6. The predicted molar refractivity (Wildman–Crippen MR) is 82.0 cm³/mol. The van der Waals surface area contributed by atoms with Gasteiger partial charge in [-0.25, -0.2) is 4.79 Å².